The van der Waals surface area contributed by atoms with Crippen molar-refractivity contribution in [3.8, 4) is 5.75 Å². The van der Waals surface area contributed by atoms with Gasteiger partial charge >= 0.3 is 0 Å². The van der Waals surface area contributed by atoms with E-state index in [1.54, 1.807) is 38.5 Å². The predicted molar refractivity (Wildman–Crippen MR) is 83.1 cm³/mol. The molecule has 0 aromatic heterocycles. The van der Waals surface area contributed by atoms with Crippen molar-refractivity contribution in [2.24, 2.45) is 0 Å². The first-order valence-corrected chi connectivity index (χ1v) is 7.06. The molecule has 2 amide bonds. The molecule has 1 rings (SSSR count). The van der Waals surface area contributed by atoms with E-state index in [9.17, 15) is 9.59 Å². The first kappa shape index (κ1) is 17.9. The quantitative estimate of drug-likeness (QED) is 0.520. The van der Waals surface area contributed by atoms with Crippen LogP contribution in [0, 0.1) is 0 Å². The zero-order chi connectivity index (χ0) is 16.2. The number of ether oxygens (including phenoxy) is 2. The highest BCUT2D eigenvalue weighted by Gasteiger charge is 2.06. The summed E-state index contributed by atoms with van der Waals surface area (Å²) in [5, 5.41) is 8.38. The second-order valence-electron chi connectivity index (χ2n) is 4.51. The standard InChI is InChI=1S/C15H23N3O4/c1-21-9-8-16-11-14(19)17-6-7-18-15(20)12-4-3-5-13(10-12)22-2/h3-5,10,16H,6-9,11H2,1-2H3,(H,17,19)(H,18,20). The van der Waals surface area contributed by atoms with Crippen LogP contribution >= 0.6 is 0 Å². The number of methoxy groups -OCH3 is 2. The minimum Gasteiger partial charge on any atom is -0.497 e. The maximum atomic E-state index is 11.9. The van der Waals surface area contributed by atoms with Gasteiger partial charge in [-0.15, -0.1) is 0 Å². The zero-order valence-corrected chi connectivity index (χ0v) is 13.0. The summed E-state index contributed by atoms with van der Waals surface area (Å²) in [6.45, 7) is 2.15. The van der Waals surface area contributed by atoms with Crippen LogP contribution in [0.3, 0.4) is 0 Å². The Balaban J connectivity index is 2.18. The maximum Gasteiger partial charge on any atom is 0.251 e. The molecule has 0 saturated carbocycles. The third kappa shape index (κ3) is 7.05. The van der Waals surface area contributed by atoms with Gasteiger partial charge in [0.1, 0.15) is 5.75 Å². The summed E-state index contributed by atoms with van der Waals surface area (Å²) < 4.78 is 9.92. The van der Waals surface area contributed by atoms with Gasteiger partial charge in [0.25, 0.3) is 5.91 Å². The summed E-state index contributed by atoms with van der Waals surface area (Å²) in [6.07, 6.45) is 0. The summed E-state index contributed by atoms with van der Waals surface area (Å²) in [5.41, 5.74) is 0.520. The van der Waals surface area contributed by atoms with Crippen molar-refractivity contribution in [1.29, 1.82) is 0 Å². The number of carbonyl (C=O) groups is 2. The highest BCUT2D eigenvalue weighted by atomic mass is 16.5. The van der Waals surface area contributed by atoms with Gasteiger partial charge in [-0.2, -0.15) is 0 Å². The van der Waals surface area contributed by atoms with Crippen molar-refractivity contribution in [3.05, 3.63) is 29.8 Å². The number of hydrogen-bond donors (Lipinski definition) is 3. The summed E-state index contributed by atoms with van der Waals surface area (Å²) in [7, 11) is 3.15. The Morgan fingerprint density at radius 3 is 2.59 bits per heavy atom. The minimum atomic E-state index is -0.202. The van der Waals surface area contributed by atoms with Gasteiger partial charge < -0.3 is 25.4 Å². The van der Waals surface area contributed by atoms with Crippen LogP contribution in [0.1, 0.15) is 10.4 Å². The van der Waals surface area contributed by atoms with E-state index >= 15 is 0 Å². The van der Waals surface area contributed by atoms with Gasteiger partial charge in [-0.25, -0.2) is 0 Å². The molecule has 7 heteroatoms. The van der Waals surface area contributed by atoms with E-state index in [1.807, 2.05) is 0 Å². The van der Waals surface area contributed by atoms with E-state index in [0.29, 0.717) is 37.6 Å². The largest absolute Gasteiger partial charge is 0.497 e. The van der Waals surface area contributed by atoms with Crippen molar-refractivity contribution in [2.45, 2.75) is 0 Å². The van der Waals surface area contributed by atoms with Crippen LogP contribution in [0.15, 0.2) is 24.3 Å². The molecule has 22 heavy (non-hydrogen) atoms. The molecule has 0 saturated heterocycles. The van der Waals surface area contributed by atoms with E-state index in [-0.39, 0.29) is 18.4 Å². The van der Waals surface area contributed by atoms with Gasteiger partial charge in [-0.3, -0.25) is 9.59 Å². The van der Waals surface area contributed by atoms with Gasteiger partial charge in [0, 0.05) is 32.3 Å². The third-order valence-electron chi connectivity index (χ3n) is 2.83. The lowest BCUT2D eigenvalue weighted by Gasteiger charge is -2.08. The van der Waals surface area contributed by atoms with Crippen LogP contribution in [0.4, 0.5) is 0 Å². The molecule has 0 aliphatic rings. The number of rotatable bonds is 10. The zero-order valence-electron chi connectivity index (χ0n) is 13.0. The van der Waals surface area contributed by atoms with E-state index in [1.165, 1.54) is 0 Å². The first-order chi connectivity index (χ1) is 10.7. The molecule has 0 unspecified atom stereocenters. The fourth-order valence-corrected chi connectivity index (χ4v) is 1.68. The minimum absolute atomic E-state index is 0.119. The monoisotopic (exact) mass is 309 g/mol. The third-order valence-corrected chi connectivity index (χ3v) is 2.83. The Morgan fingerprint density at radius 1 is 1.09 bits per heavy atom. The van der Waals surface area contributed by atoms with E-state index in [4.69, 9.17) is 9.47 Å². The molecule has 122 valence electrons. The van der Waals surface area contributed by atoms with Gasteiger partial charge in [-0.05, 0) is 18.2 Å². The molecule has 0 spiro atoms. The number of hydrogen-bond acceptors (Lipinski definition) is 5. The average molecular weight is 309 g/mol. The van der Waals surface area contributed by atoms with Crippen molar-refractivity contribution in [1.82, 2.24) is 16.0 Å². The predicted octanol–water partition coefficient (Wildman–Crippen LogP) is -0.223. The van der Waals surface area contributed by atoms with Crippen LogP contribution in [0.25, 0.3) is 0 Å². The van der Waals surface area contributed by atoms with Crippen molar-refractivity contribution in [3.63, 3.8) is 0 Å². The molecular formula is C15H23N3O4. The molecule has 0 bridgehead atoms. The number of benzene rings is 1. The van der Waals surface area contributed by atoms with Gasteiger partial charge in [0.2, 0.25) is 5.91 Å². The lowest BCUT2D eigenvalue weighted by Crippen LogP contribution is -2.39. The second kappa shape index (κ2) is 10.6. The number of nitrogens with one attached hydrogen (secondary N) is 3. The summed E-state index contributed by atoms with van der Waals surface area (Å²) in [5.74, 6) is 0.307. The van der Waals surface area contributed by atoms with E-state index in [2.05, 4.69) is 16.0 Å². The molecule has 0 fully saturated rings. The first-order valence-electron chi connectivity index (χ1n) is 7.06. The lowest BCUT2D eigenvalue weighted by molar-refractivity contribution is -0.120. The molecule has 0 heterocycles. The number of amides is 2. The number of carbonyl (C=O) groups excluding carboxylic acids is 2. The smallest absolute Gasteiger partial charge is 0.251 e. The molecule has 1 aromatic rings. The molecular weight excluding hydrogens is 286 g/mol. The Hall–Kier alpha value is -2.12. The Bertz CT molecular complexity index is 480. The molecule has 7 nitrogen and oxygen atoms in total. The van der Waals surface area contributed by atoms with Crippen LogP contribution in [-0.4, -0.2) is 58.8 Å². The fraction of sp³-hybridized carbons (Fsp3) is 0.467. The molecule has 0 aliphatic carbocycles. The Kier molecular flexibility index (Phi) is 8.63. The van der Waals surface area contributed by atoms with Gasteiger partial charge in [0.05, 0.1) is 20.3 Å². The average Bonchev–Trinajstić information content (AvgIpc) is 2.55. The lowest BCUT2D eigenvalue weighted by atomic mass is 10.2. The molecule has 3 N–H and O–H groups in total. The SMILES string of the molecule is COCCNCC(=O)NCCNC(=O)c1cccc(OC)c1. The van der Waals surface area contributed by atoms with Crippen molar-refractivity contribution in [2.75, 3.05) is 47.0 Å². The van der Waals surface area contributed by atoms with Gasteiger partial charge in [0.15, 0.2) is 0 Å². The van der Waals surface area contributed by atoms with Crippen molar-refractivity contribution >= 4 is 11.8 Å². The van der Waals surface area contributed by atoms with E-state index < -0.39 is 0 Å². The normalized spacial score (nSPS) is 10.1. The van der Waals surface area contributed by atoms with Gasteiger partial charge in [-0.1, -0.05) is 6.07 Å². The second-order valence-corrected chi connectivity index (χ2v) is 4.51. The van der Waals surface area contributed by atoms with Crippen LogP contribution < -0.4 is 20.7 Å². The van der Waals surface area contributed by atoms with E-state index in [0.717, 1.165) is 0 Å². The molecule has 1 aromatic carbocycles. The Labute approximate surface area is 130 Å². The summed E-state index contributed by atoms with van der Waals surface area (Å²) >= 11 is 0. The summed E-state index contributed by atoms with van der Waals surface area (Å²) in [6, 6.07) is 6.89. The van der Waals surface area contributed by atoms with Crippen molar-refractivity contribution < 1.29 is 19.1 Å². The fourth-order valence-electron chi connectivity index (χ4n) is 1.68. The van der Waals surface area contributed by atoms with Crippen LogP contribution in [0.5, 0.6) is 5.75 Å². The molecule has 0 radical (unpaired) electrons. The topological polar surface area (TPSA) is 88.7 Å². The Morgan fingerprint density at radius 2 is 1.86 bits per heavy atom. The van der Waals surface area contributed by atoms with Crippen LogP contribution in [0.2, 0.25) is 0 Å². The highest BCUT2D eigenvalue weighted by Crippen LogP contribution is 2.11. The maximum absolute atomic E-state index is 11.9. The summed E-state index contributed by atoms with van der Waals surface area (Å²) in [4.78, 5) is 23.4. The van der Waals surface area contributed by atoms with Crippen LogP contribution in [-0.2, 0) is 9.53 Å². The molecule has 0 aliphatic heterocycles. The highest BCUT2D eigenvalue weighted by molar-refractivity contribution is 5.94. The molecule has 0 atom stereocenters.